The predicted molar refractivity (Wildman–Crippen MR) is 141 cm³/mol. The van der Waals surface area contributed by atoms with Gasteiger partial charge in [-0.2, -0.15) is 0 Å². The average Bonchev–Trinajstić information content (AvgIpc) is 3.59. The Morgan fingerprint density at radius 3 is 2.47 bits per heavy atom. The first-order chi connectivity index (χ1) is 18.2. The van der Waals surface area contributed by atoms with E-state index in [-0.39, 0.29) is 19.2 Å². The fourth-order valence-electron chi connectivity index (χ4n) is 5.87. The second kappa shape index (κ2) is 9.89. The number of thiophene rings is 1. The molecule has 1 amide bonds. The van der Waals surface area contributed by atoms with Gasteiger partial charge < -0.3 is 24.2 Å². The van der Waals surface area contributed by atoms with Crippen LogP contribution in [0.5, 0.6) is 11.5 Å². The molecule has 0 saturated carbocycles. The second-order valence-electron chi connectivity index (χ2n) is 9.86. The van der Waals surface area contributed by atoms with Crippen LogP contribution >= 0.6 is 11.3 Å². The molecule has 1 saturated heterocycles. The molecular weight excluding hydrogens is 506 g/mol. The SMILES string of the molecule is COCC(=O)N1C(c2ccc3c(c2)OCO3)C(C(=O)c2ccccc2C)C(c2sccc2C)C1(C)C(=O)O. The number of carbonyl (C=O) groups excluding carboxylic acids is 2. The average molecular weight is 536 g/mol. The van der Waals surface area contributed by atoms with Gasteiger partial charge in [0.1, 0.15) is 12.1 Å². The molecule has 2 aliphatic rings. The van der Waals surface area contributed by atoms with E-state index >= 15 is 0 Å². The van der Waals surface area contributed by atoms with E-state index in [9.17, 15) is 19.5 Å². The van der Waals surface area contributed by atoms with Crippen LogP contribution in [-0.4, -0.2) is 53.7 Å². The van der Waals surface area contributed by atoms with Gasteiger partial charge in [-0.3, -0.25) is 9.59 Å². The van der Waals surface area contributed by atoms with Crippen LogP contribution in [0.3, 0.4) is 0 Å². The summed E-state index contributed by atoms with van der Waals surface area (Å²) in [4.78, 5) is 43.6. The predicted octanol–water partition coefficient (Wildman–Crippen LogP) is 4.75. The third-order valence-corrected chi connectivity index (χ3v) is 8.79. The van der Waals surface area contributed by atoms with Gasteiger partial charge in [0.15, 0.2) is 17.3 Å². The summed E-state index contributed by atoms with van der Waals surface area (Å²) in [6.07, 6.45) is 0. The molecule has 3 aromatic rings. The lowest BCUT2D eigenvalue weighted by atomic mass is 9.73. The summed E-state index contributed by atoms with van der Waals surface area (Å²) in [6, 6.07) is 13.5. The molecule has 9 heteroatoms. The van der Waals surface area contributed by atoms with Gasteiger partial charge in [0.25, 0.3) is 0 Å². The van der Waals surface area contributed by atoms with Crippen molar-refractivity contribution in [3.05, 3.63) is 81.0 Å². The highest BCUT2D eigenvalue weighted by Crippen LogP contribution is 2.58. The van der Waals surface area contributed by atoms with Crippen molar-refractivity contribution < 1.29 is 33.7 Å². The summed E-state index contributed by atoms with van der Waals surface area (Å²) in [7, 11) is 1.39. The van der Waals surface area contributed by atoms with E-state index in [1.165, 1.54) is 30.3 Å². The summed E-state index contributed by atoms with van der Waals surface area (Å²) in [5.74, 6) is -2.60. The summed E-state index contributed by atoms with van der Waals surface area (Å²) in [6.45, 7) is 5.03. The van der Waals surface area contributed by atoms with Gasteiger partial charge in [-0.1, -0.05) is 30.3 Å². The number of amides is 1. The Bertz CT molecular complexity index is 1420. The van der Waals surface area contributed by atoms with Crippen LogP contribution in [0.4, 0.5) is 0 Å². The van der Waals surface area contributed by atoms with Crippen molar-refractivity contribution in [3.63, 3.8) is 0 Å². The smallest absolute Gasteiger partial charge is 0.330 e. The zero-order chi connectivity index (χ0) is 27.2. The molecule has 0 spiro atoms. The molecule has 198 valence electrons. The zero-order valence-corrected chi connectivity index (χ0v) is 22.4. The molecule has 3 heterocycles. The minimum absolute atomic E-state index is 0.0607. The minimum atomic E-state index is -1.74. The standard InChI is InChI=1S/C29H29NO7S/c1-16-7-5-6-8-19(16)26(32)23-24(27-17(2)11-12-38-27)29(3,28(33)34)30(22(31)14-35-4)25(23)18-9-10-20-21(13-18)37-15-36-20/h5-13,23-25H,14-15H2,1-4H3,(H,33,34). The molecule has 2 aliphatic heterocycles. The first-order valence-electron chi connectivity index (χ1n) is 12.3. The lowest BCUT2D eigenvalue weighted by molar-refractivity contribution is -0.159. The molecule has 1 fully saturated rings. The van der Waals surface area contributed by atoms with Gasteiger partial charge in [0.2, 0.25) is 12.7 Å². The number of aryl methyl sites for hydroxylation is 2. The Hall–Kier alpha value is -3.69. The molecule has 8 nitrogen and oxygen atoms in total. The first kappa shape index (κ1) is 25.9. The molecular formula is C29H29NO7S. The number of benzene rings is 2. The molecule has 4 atom stereocenters. The molecule has 0 radical (unpaired) electrons. The molecule has 5 rings (SSSR count). The van der Waals surface area contributed by atoms with Crippen molar-refractivity contribution in [2.75, 3.05) is 20.5 Å². The number of methoxy groups -OCH3 is 1. The van der Waals surface area contributed by atoms with Crippen LogP contribution in [-0.2, 0) is 14.3 Å². The molecule has 0 bridgehead atoms. The van der Waals surface area contributed by atoms with Crippen LogP contribution in [0.2, 0.25) is 0 Å². The van der Waals surface area contributed by atoms with Crippen molar-refractivity contribution in [1.29, 1.82) is 0 Å². The number of carboxylic acids is 1. The summed E-state index contributed by atoms with van der Waals surface area (Å²) < 4.78 is 16.3. The minimum Gasteiger partial charge on any atom is -0.479 e. The number of hydrogen-bond acceptors (Lipinski definition) is 7. The molecule has 0 aliphatic carbocycles. The topological polar surface area (TPSA) is 102 Å². The van der Waals surface area contributed by atoms with E-state index in [0.717, 1.165) is 16.0 Å². The Kier molecular flexibility index (Phi) is 6.75. The number of likely N-dealkylation sites (tertiary alicyclic amines) is 1. The third kappa shape index (κ3) is 3.97. The monoisotopic (exact) mass is 535 g/mol. The first-order valence-corrected chi connectivity index (χ1v) is 13.2. The number of carbonyl (C=O) groups is 3. The Balaban J connectivity index is 1.81. The van der Waals surface area contributed by atoms with Crippen LogP contribution in [0, 0.1) is 19.8 Å². The second-order valence-corrected chi connectivity index (χ2v) is 10.8. The van der Waals surface area contributed by atoms with Gasteiger partial charge in [0, 0.05) is 23.5 Å². The molecule has 2 aromatic carbocycles. The Morgan fingerprint density at radius 1 is 1.08 bits per heavy atom. The van der Waals surface area contributed by atoms with E-state index < -0.39 is 35.3 Å². The normalized spacial score (nSPS) is 24.0. The molecule has 38 heavy (non-hydrogen) atoms. The third-order valence-electron chi connectivity index (χ3n) is 7.69. The largest absolute Gasteiger partial charge is 0.479 e. The van der Waals surface area contributed by atoms with E-state index in [1.54, 1.807) is 30.3 Å². The van der Waals surface area contributed by atoms with Crippen molar-refractivity contribution >= 4 is 29.0 Å². The van der Waals surface area contributed by atoms with Crippen LogP contribution in [0.1, 0.15) is 50.8 Å². The quantitative estimate of drug-likeness (QED) is 0.436. The van der Waals surface area contributed by atoms with E-state index in [2.05, 4.69) is 0 Å². The fraction of sp³-hybridized carbons (Fsp3) is 0.345. The molecule has 1 aromatic heterocycles. The summed E-state index contributed by atoms with van der Waals surface area (Å²) >= 11 is 1.40. The lowest BCUT2D eigenvalue weighted by Crippen LogP contribution is -2.55. The number of fused-ring (bicyclic) bond motifs is 1. The van der Waals surface area contributed by atoms with Gasteiger partial charge >= 0.3 is 5.97 Å². The van der Waals surface area contributed by atoms with Gasteiger partial charge in [-0.15, -0.1) is 11.3 Å². The fourth-order valence-corrected chi connectivity index (χ4v) is 7.07. The summed E-state index contributed by atoms with van der Waals surface area (Å²) in [5.41, 5.74) is 1.00. The van der Waals surface area contributed by atoms with Crippen molar-refractivity contribution in [1.82, 2.24) is 4.90 Å². The Labute approximate surface area is 224 Å². The van der Waals surface area contributed by atoms with E-state index in [1.807, 2.05) is 37.4 Å². The highest BCUT2D eigenvalue weighted by atomic mass is 32.1. The maximum Gasteiger partial charge on any atom is 0.330 e. The van der Waals surface area contributed by atoms with Crippen molar-refractivity contribution in [2.45, 2.75) is 38.3 Å². The molecule has 4 unspecified atom stereocenters. The molecule has 1 N–H and O–H groups in total. The Morgan fingerprint density at radius 2 is 1.82 bits per heavy atom. The van der Waals surface area contributed by atoms with E-state index in [4.69, 9.17) is 14.2 Å². The number of hydrogen-bond donors (Lipinski definition) is 1. The highest BCUT2D eigenvalue weighted by Gasteiger charge is 2.65. The lowest BCUT2D eigenvalue weighted by Gasteiger charge is -2.37. The number of ketones is 1. The number of aliphatic carboxylic acids is 1. The number of rotatable bonds is 7. The maximum atomic E-state index is 14.5. The van der Waals surface area contributed by atoms with E-state index in [0.29, 0.717) is 22.6 Å². The highest BCUT2D eigenvalue weighted by molar-refractivity contribution is 7.10. The maximum absolute atomic E-state index is 14.5. The van der Waals surface area contributed by atoms with Gasteiger partial charge in [-0.25, -0.2) is 4.79 Å². The number of nitrogens with zero attached hydrogens (tertiary/aromatic N) is 1. The van der Waals surface area contributed by atoms with Gasteiger partial charge in [-0.05, 0) is 61.0 Å². The van der Waals surface area contributed by atoms with Crippen LogP contribution in [0.25, 0.3) is 0 Å². The van der Waals surface area contributed by atoms with Crippen molar-refractivity contribution in [2.24, 2.45) is 5.92 Å². The number of Topliss-reactive ketones (excluding diaryl/α,β-unsaturated/α-hetero) is 1. The van der Waals surface area contributed by atoms with Crippen LogP contribution in [0.15, 0.2) is 53.9 Å². The number of carboxylic acid groups (broad SMARTS) is 1. The van der Waals surface area contributed by atoms with Crippen molar-refractivity contribution in [3.8, 4) is 11.5 Å². The van der Waals surface area contributed by atoms with Gasteiger partial charge in [0.05, 0.1) is 12.0 Å². The summed E-state index contributed by atoms with van der Waals surface area (Å²) in [5, 5.41) is 12.7. The number of ether oxygens (including phenoxy) is 3. The van der Waals surface area contributed by atoms with Crippen LogP contribution < -0.4 is 9.47 Å². The zero-order valence-electron chi connectivity index (χ0n) is 21.6.